The van der Waals surface area contributed by atoms with Crippen LogP contribution in [0.25, 0.3) is 16.9 Å². The van der Waals surface area contributed by atoms with Gasteiger partial charge in [-0.2, -0.15) is 5.10 Å². The summed E-state index contributed by atoms with van der Waals surface area (Å²) in [6, 6.07) is 1.42. The van der Waals surface area contributed by atoms with Crippen LogP contribution >= 0.6 is 0 Å². The van der Waals surface area contributed by atoms with E-state index in [1.165, 1.54) is 34.1 Å². The van der Waals surface area contributed by atoms with Crippen LogP contribution in [0.4, 0.5) is 19.3 Å². The van der Waals surface area contributed by atoms with Crippen molar-refractivity contribution in [1.82, 2.24) is 29.9 Å². The number of rotatable bonds is 5. The van der Waals surface area contributed by atoms with Gasteiger partial charge in [0.15, 0.2) is 11.8 Å². The summed E-state index contributed by atoms with van der Waals surface area (Å²) < 4.78 is 35.6. The van der Waals surface area contributed by atoms with E-state index in [-0.39, 0.29) is 29.1 Å². The van der Waals surface area contributed by atoms with Gasteiger partial charge in [0.1, 0.15) is 5.69 Å². The number of nitrogens with zero attached hydrogens (tertiary/aromatic N) is 4. The molecule has 168 valence electrons. The molecule has 3 N–H and O–H groups in total. The number of hydrogen-bond donors (Lipinski definition) is 3. The number of amides is 1. The summed E-state index contributed by atoms with van der Waals surface area (Å²) in [7, 11) is 0. The minimum atomic E-state index is -3.34. The van der Waals surface area contributed by atoms with E-state index in [0.717, 1.165) is 0 Å². The number of carbonyl (C=O) groups excluding carboxylic acids is 1. The molecule has 11 nitrogen and oxygen atoms in total. The highest BCUT2D eigenvalue weighted by molar-refractivity contribution is 5.75. The molecule has 1 amide bonds. The number of carbonyl (C=O) groups is 1. The van der Waals surface area contributed by atoms with Crippen molar-refractivity contribution >= 4 is 17.4 Å². The van der Waals surface area contributed by atoms with E-state index < -0.39 is 35.9 Å². The number of aromatic amines is 2. The molecule has 0 bridgehead atoms. The molecule has 1 aliphatic heterocycles. The molecule has 0 aromatic carbocycles. The van der Waals surface area contributed by atoms with E-state index in [9.17, 15) is 23.2 Å². The summed E-state index contributed by atoms with van der Waals surface area (Å²) >= 11 is 0. The molecule has 1 fully saturated rings. The average molecular weight is 447 g/mol. The van der Waals surface area contributed by atoms with Crippen molar-refractivity contribution in [3.05, 3.63) is 57.8 Å². The Morgan fingerprint density at radius 2 is 2.22 bits per heavy atom. The molecular weight excluding hydrogens is 428 g/mol. The Morgan fingerprint density at radius 3 is 2.94 bits per heavy atom. The van der Waals surface area contributed by atoms with Crippen molar-refractivity contribution < 1.29 is 18.3 Å². The highest BCUT2D eigenvalue weighted by Crippen LogP contribution is 2.35. The molecule has 4 heterocycles. The first-order valence-corrected chi connectivity index (χ1v) is 9.63. The largest absolute Gasteiger partial charge is 0.438 e. The van der Waals surface area contributed by atoms with Gasteiger partial charge in [-0.3, -0.25) is 15.1 Å². The van der Waals surface area contributed by atoms with Crippen LogP contribution in [-0.2, 0) is 4.74 Å². The second kappa shape index (κ2) is 7.90. The van der Waals surface area contributed by atoms with Crippen LogP contribution in [0, 0.1) is 0 Å². The molecule has 3 aromatic rings. The number of halogens is 2. The Labute approximate surface area is 178 Å². The standard InChI is InChI=1S/C19H19F2N7O4/c1-3-10(2)24-18(31)32-14-8-27(9-19(14,20)21)13-6-12(26-28-5-4-22-15(13)28)11-7-23-17(30)25-16(11)29/h4-7,14H,2-3,8-9H2,1H3,(H,24,31)(H2,23,25,29,30)/t14-/m0/s1. The van der Waals surface area contributed by atoms with Crippen LogP contribution in [-0.4, -0.2) is 55.8 Å². The van der Waals surface area contributed by atoms with Crippen molar-refractivity contribution in [3.63, 3.8) is 0 Å². The number of fused-ring (bicyclic) bond motifs is 1. The van der Waals surface area contributed by atoms with E-state index >= 15 is 0 Å². The minimum Gasteiger partial charge on any atom is -0.438 e. The van der Waals surface area contributed by atoms with Gasteiger partial charge in [0.25, 0.3) is 5.56 Å². The molecule has 0 saturated carbocycles. The van der Waals surface area contributed by atoms with E-state index in [2.05, 4.69) is 31.9 Å². The van der Waals surface area contributed by atoms with Crippen molar-refractivity contribution in [2.45, 2.75) is 25.4 Å². The van der Waals surface area contributed by atoms with Crippen molar-refractivity contribution in [2.75, 3.05) is 18.0 Å². The quantitative estimate of drug-likeness (QED) is 0.535. The molecule has 4 rings (SSSR count). The predicted molar refractivity (Wildman–Crippen MR) is 110 cm³/mol. The Kier molecular flexibility index (Phi) is 5.24. The average Bonchev–Trinajstić information content (AvgIpc) is 3.31. The van der Waals surface area contributed by atoms with Gasteiger partial charge in [-0.25, -0.2) is 27.9 Å². The van der Waals surface area contributed by atoms with E-state index in [1.807, 2.05) is 0 Å². The fraction of sp³-hybridized carbons (Fsp3) is 0.316. The molecule has 32 heavy (non-hydrogen) atoms. The summed E-state index contributed by atoms with van der Waals surface area (Å²) in [4.78, 5) is 45.3. The molecule has 1 atom stereocenters. The second-order valence-electron chi connectivity index (χ2n) is 7.21. The van der Waals surface area contributed by atoms with E-state index in [1.54, 1.807) is 6.92 Å². The Hall–Kier alpha value is -4.03. The van der Waals surface area contributed by atoms with Crippen LogP contribution < -0.4 is 21.5 Å². The zero-order valence-electron chi connectivity index (χ0n) is 16.9. The number of alkyl halides is 2. The third-order valence-corrected chi connectivity index (χ3v) is 4.99. The predicted octanol–water partition coefficient (Wildman–Crippen LogP) is 1.25. The fourth-order valence-corrected chi connectivity index (χ4v) is 3.32. The van der Waals surface area contributed by atoms with Crippen LogP contribution in [0.15, 0.2) is 46.5 Å². The van der Waals surface area contributed by atoms with Gasteiger partial charge in [-0.05, 0) is 12.5 Å². The molecule has 0 spiro atoms. The lowest BCUT2D eigenvalue weighted by Crippen LogP contribution is -2.38. The number of allylic oxidation sites excluding steroid dienone is 1. The number of alkyl carbamates (subject to hydrolysis) is 1. The zero-order chi connectivity index (χ0) is 23.0. The van der Waals surface area contributed by atoms with Crippen molar-refractivity contribution in [2.24, 2.45) is 0 Å². The lowest BCUT2D eigenvalue weighted by Gasteiger charge is -2.19. The van der Waals surface area contributed by atoms with Gasteiger partial charge < -0.3 is 14.6 Å². The number of ether oxygens (including phenoxy) is 1. The number of H-pyrrole nitrogens is 2. The molecule has 0 unspecified atom stereocenters. The van der Waals surface area contributed by atoms with Gasteiger partial charge in [0.05, 0.1) is 24.3 Å². The summed E-state index contributed by atoms with van der Waals surface area (Å²) in [6.07, 6.45) is 1.82. The van der Waals surface area contributed by atoms with Gasteiger partial charge in [0.2, 0.25) is 0 Å². The van der Waals surface area contributed by atoms with E-state index in [0.29, 0.717) is 12.1 Å². The maximum atomic E-state index is 14.7. The number of hydrogen-bond acceptors (Lipinski definition) is 7. The lowest BCUT2D eigenvalue weighted by atomic mass is 10.2. The smallest absolute Gasteiger partial charge is 0.411 e. The van der Waals surface area contributed by atoms with Crippen molar-refractivity contribution in [1.29, 1.82) is 0 Å². The minimum absolute atomic E-state index is 0.0395. The van der Waals surface area contributed by atoms with Gasteiger partial charge >= 0.3 is 17.7 Å². The molecular formula is C19H19F2N7O4. The number of anilines is 1. The monoisotopic (exact) mass is 447 g/mol. The number of imidazole rings is 1. The number of nitrogens with one attached hydrogen (secondary N) is 3. The first-order chi connectivity index (χ1) is 15.2. The lowest BCUT2D eigenvalue weighted by molar-refractivity contribution is -0.0758. The van der Waals surface area contributed by atoms with Crippen LogP contribution in [0.5, 0.6) is 0 Å². The van der Waals surface area contributed by atoms with Gasteiger partial charge in [-0.1, -0.05) is 13.5 Å². The van der Waals surface area contributed by atoms with Crippen LogP contribution in [0.2, 0.25) is 0 Å². The third-order valence-electron chi connectivity index (χ3n) is 4.99. The molecule has 1 saturated heterocycles. The van der Waals surface area contributed by atoms with Crippen molar-refractivity contribution in [3.8, 4) is 11.3 Å². The zero-order valence-corrected chi connectivity index (χ0v) is 16.9. The Bertz CT molecular complexity index is 1310. The molecule has 0 radical (unpaired) electrons. The van der Waals surface area contributed by atoms with Crippen LogP contribution in [0.1, 0.15) is 13.3 Å². The maximum Gasteiger partial charge on any atom is 0.411 e. The SMILES string of the molecule is C=C(CC)NC(=O)O[C@H]1CN(c2cc(-c3c[nH]c(=O)[nH]c3=O)nn3ccnc23)CC1(F)F. The normalized spacial score (nSPS) is 17.5. The van der Waals surface area contributed by atoms with Crippen LogP contribution in [0.3, 0.4) is 0 Å². The summed E-state index contributed by atoms with van der Waals surface area (Å²) in [5.74, 6) is -3.34. The highest BCUT2D eigenvalue weighted by atomic mass is 19.3. The Balaban J connectivity index is 1.68. The second-order valence-corrected chi connectivity index (χ2v) is 7.21. The van der Waals surface area contributed by atoms with Gasteiger partial charge in [0, 0.05) is 24.3 Å². The topological polar surface area (TPSA) is 137 Å². The summed E-state index contributed by atoms with van der Waals surface area (Å²) in [6.45, 7) is 4.28. The third kappa shape index (κ3) is 3.96. The maximum absolute atomic E-state index is 14.7. The van der Waals surface area contributed by atoms with E-state index in [4.69, 9.17) is 4.74 Å². The summed E-state index contributed by atoms with van der Waals surface area (Å²) in [5, 5.41) is 6.58. The molecule has 1 aliphatic rings. The fourth-order valence-electron chi connectivity index (χ4n) is 3.32. The summed E-state index contributed by atoms with van der Waals surface area (Å²) in [5.41, 5.74) is -0.328. The molecule has 13 heteroatoms. The molecule has 3 aromatic heterocycles. The first kappa shape index (κ1) is 21.2. The first-order valence-electron chi connectivity index (χ1n) is 9.63. The number of aromatic nitrogens is 5. The Morgan fingerprint density at radius 1 is 1.44 bits per heavy atom. The highest BCUT2D eigenvalue weighted by Gasteiger charge is 2.51. The van der Waals surface area contributed by atoms with Gasteiger partial charge in [-0.15, -0.1) is 0 Å². The molecule has 0 aliphatic carbocycles.